The first-order chi connectivity index (χ1) is 37.5. The maximum absolute atomic E-state index is 12.9. The van der Waals surface area contributed by atoms with Gasteiger partial charge in [0.05, 0.1) is 0 Å². The second-order valence-corrected chi connectivity index (χ2v) is 21.6. The number of esters is 3. The average molecular weight is 1060 g/mol. The summed E-state index contributed by atoms with van der Waals surface area (Å²) < 4.78 is 16.9. The van der Waals surface area contributed by atoms with E-state index in [0.29, 0.717) is 19.3 Å². The summed E-state index contributed by atoms with van der Waals surface area (Å²) in [4.78, 5) is 38.4. The van der Waals surface area contributed by atoms with Gasteiger partial charge in [0.15, 0.2) is 6.10 Å². The fraction of sp³-hybridized carbons (Fsp3) is 0.757. The molecule has 0 saturated carbocycles. The van der Waals surface area contributed by atoms with Crippen LogP contribution in [0.3, 0.4) is 0 Å². The largest absolute Gasteiger partial charge is 0.462 e. The second-order valence-electron chi connectivity index (χ2n) is 21.6. The SMILES string of the molecule is CC/C=C\C/C=C\C/C=C\C/C=C\CCCCCCCCC(=O)OC(COC(=O)CCCCCCCC/C=C\C/C=C\C/C=C\CCCCC)COC(=O)CCCCCCCCCCCCCCCCCCCCCC. The van der Waals surface area contributed by atoms with E-state index < -0.39 is 6.10 Å². The van der Waals surface area contributed by atoms with Crippen molar-refractivity contribution in [1.82, 2.24) is 0 Å². The Morgan fingerprint density at radius 3 is 0.829 bits per heavy atom. The summed E-state index contributed by atoms with van der Waals surface area (Å²) in [5.41, 5.74) is 0. The first-order valence-electron chi connectivity index (χ1n) is 32.6. The molecular weight excluding hydrogens is 937 g/mol. The zero-order valence-electron chi connectivity index (χ0n) is 50.3. The fourth-order valence-corrected chi connectivity index (χ4v) is 9.27. The lowest BCUT2D eigenvalue weighted by atomic mass is 10.0. The average Bonchev–Trinajstić information content (AvgIpc) is 3.42. The van der Waals surface area contributed by atoms with Crippen LogP contribution in [0.2, 0.25) is 0 Å². The maximum atomic E-state index is 12.9. The van der Waals surface area contributed by atoms with Crippen LogP contribution >= 0.6 is 0 Å². The van der Waals surface area contributed by atoms with Gasteiger partial charge < -0.3 is 14.2 Å². The number of unbranched alkanes of at least 4 members (excludes halogenated alkanes) is 34. The Balaban J connectivity index is 4.41. The smallest absolute Gasteiger partial charge is 0.306 e. The highest BCUT2D eigenvalue weighted by molar-refractivity contribution is 5.71. The van der Waals surface area contributed by atoms with E-state index in [0.717, 1.165) is 116 Å². The van der Waals surface area contributed by atoms with Gasteiger partial charge in [-0.15, -0.1) is 0 Å². The molecule has 0 aromatic carbocycles. The van der Waals surface area contributed by atoms with Crippen LogP contribution in [0, 0.1) is 0 Å². The predicted octanol–water partition coefficient (Wildman–Crippen LogP) is 22.3. The van der Waals surface area contributed by atoms with Gasteiger partial charge in [-0.2, -0.15) is 0 Å². The first-order valence-corrected chi connectivity index (χ1v) is 32.6. The highest BCUT2D eigenvalue weighted by Crippen LogP contribution is 2.17. The predicted molar refractivity (Wildman–Crippen MR) is 330 cm³/mol. The van der Waals surface area contributed by atoms with E-state index in [1.165, 1.54) is 167 Å². The molecule has 1 atom stereocenters. The number of ether oxygens (including phenoxy) is 3. The van der Waals surface area contributed by atoms with Crippen molar-refractivity contribution in [2.75, 3.05) is 13.2 Å². The topological polar surface area (TPSA) is 78.9 Å². The summed E-state index contributed by atoms with van der Waals surface area (Å²) in [6, 6.07) is 0. The third kappa shape index (κ3) is 61.4. The number of carbonyl (C=O) groups is 3. The van der Waals surface area contributed by atoms with Crippen LogP contribution in [0.4, 0.5) is 0 Å². The van der Waals surface area contributed by atoms with Crippen LogP contribution in [-0.4, -0.2) is 37.2 Å². The van der Waals surface area contributed by atoms with Crippen LogP contribution in [0.5, 0.6) is 0 Å². The Morgan fingerprint density at radius 1 is 0.276 bits per heavy atom. The summed E-state index contributed by atoms with van der Waals surface area (Å²) in [5.74, 6) is -0.896. The number of hydrogen-bond donors (Lipinski definition) is 0. The van der Waals surface area contributed by atoms with E-state index in [-0.39, 0.29) is 31.1 Å². The minimum atomic E-state index is -0.791. The molecule has 0 amide bonds. The first kappa shape index (κ1) is 72.6. The Kier molecular flexibility index (Phi) is 61.2. The van der Waals surface area contributed by atoms with Crippen LogP contribution in [0.1, 0.15) is 323 Å². The lowest BCUT2D eigenvalue weighted by Crippen LogP contribution is -2.30. The molecule has 0 heterocycles. The third-order valence-corrected chi connectivity index (χ3v) is 14.1. The molecule has 438 valence electrons. The highest BCUT2D eigenvalue weighted by atomic mass is 16.6. The molecule has 0 aromatic heterocycles. The van der Waals surface area contributed by atoms with Crippen molar-refractivity contribution in [3.05, 3.63) is 85.1 Å². The number of carbonyl (C=O) groups excluding carboxylic acids is 3. The van der Waals surface area contributed by atoms with E-state index in [1.807, 2.05) is 0 Å². The van der Waals surface area contributed by atoms with Crippen LogP contribution in [0.25, 0.3) is 0 Å². The van der Waals surface area contributed by atoms with Crippen molar-refractivity contribution in [2.24, 2.45) is 0 Å². The molecular formula is C70H122O6. The molecule has 6 nitrogen and oxygen atoms in total. The molecule has 0 rings (SSSR count). The number of hydrogen-bond acceptors (Lipinski definition) is 6. The number of allylic oxidation sites excluding steroid dienone is 14. The molecule has 0 bridgehead atoms. The number of rotatable bonds is 59. The minimum absolute atomic E-state index is 0.0843. The normalized spacial score (nSPS) is 12.6. The molecule has 0 N–H and O–H groups in total. The van der Waals surface area contributed by atoms with E-state index in [2.05, 4.69) is 106 Å². The molecule has 0 saturated heterocycles. The van der Waals surface area contributed by atoms with Crippen LogP contribution in [-0.2, 0) is 28.6 Å². The molecule has 76 heavy (non-hydrogen) atoms. The van der Waals surface area contributed by atoms with Crippen LogP contribution in [0.15, 0.2) is 85.1 Å². The van der Waals surface area contributed by atoms with E-state index in [1.54, 1.807) is 0 Å². The van der Waals surface area contributed by atoms with Crippen molar-refractivity contribution < 1.29 is 28.6 Å². The highest BCUT2D eigenvalue weighted by Gasteiger charge is 2.19. The summed E-state index contributed by atoms with van der Waals surface area (Å²) in [6.07, 6.45) is 84.4. The quantitative estimate of drug-likeness (QED) is 0.0261. The molecule has 0 fully saturated rings. The molecule has 6 heteroatoms. The molecule has 0 radical (unpaired) electrons. The van der Waals surface area contributed by atoms with Gasteiger partial charge in [-0.25, -0.2) is 0 Å². The van der Waals surface area contributed by atoms with Crippen LogP contribution < -0.4 is 0 Å². The van der Waals surface area contributed by atoms with Gasteiger partial charge in [-0.05, 0) is 96.3 Å². The molecule has 0 aliphatic heterocycles. The van der Waals surface area contributed by atoms with E-state index in [9.17, 15) is 14.4 Å². The van der Waals surface area contributed by atoms with E-state index in [4.69, 9.17) is 14.2 Å². The molecule has 0 aromatic rings. The van der Waals surface area contributed by atoms with Crippen molar-refractivity contribution >= 4 is 17.9 Å². The monoisotopic (exact) mass is 1060 g/mol. The van der Waals surface area contributed by atoms with Gasteiger partial charge in [-0.3, -0.25) is 14.4 Å². The minimum Gasteiger partial charge on any atom is -0.462 e. The summed E-state index contributed by atoms with van der Waals surface area (Å²) in [7, 11) is 0. The lowest BCUT2D eigenvalue weighted by molar-refractivity contribution is -0.167. The molecule has 1 unspecified atom stereocenters. The summed E-state index contributed by atoms with van der Waals surface area (Å²) in [5, 5.41) is 0. The third-order valence-electron chi connectivity index (χ3n) is 14.1. The van der Waals surface area contributed by atoms with Gasteiger partial charge in [-0.1, -0.05) is 292 Å². The Hall–Kier alpha value is -3.41. The maximum Gasteiger partial charge on any atom is 0.306 e. The standard InChI is InChI=1S/C70H122O6/c1-4-7-10-13-16-19-22-25-28-31-34-37-39-42-45-48-51-54-57-60-63-69(72)75-66-67(76-70(73)64-61-58-55-52-49-46-43-40-36-33-30-27-24-21-18-15-12-9-6-3)65-74-68(71)62-59-56-53-50-47-44-41-38-35-32-29-26-23-20-17-14-11-8-5-2/h9,12,17-18,20-21,26-27,29-30,35-36,38,40,67H,4-8,10-11,13-16,19,22-25,28,31-34,37,39,41-66H2,1-3H3/b12-9-,20-17-,21-18-,29-26-,30-27-,38-35-,40-36-. The summed E-state index contributed by atoms with van der Waals surface area (Å²) >= 11 is 0. The van der Waals surface area contributed by atoms with Gasteiger partial charge >= 0.3 is 17.9 Å². The Bertz CT molecular complexity index is 1450. The molecule has 0 spiro atoms. The Morgan fingerprint density at radius 2 is 0.513 bits per heavy atom. The van der Waals surface area contributed by atoms with Crippen molar-refractivity contribution in [2.45, 2.75) is 329 Å². The van der Waals surface area contributed by atoms with Gasteiger partial charge in [0.2, 0.25) is 0 Å². The van der Waals surface area contributed by atoms with E-state index >= 15 is 0 Å². The zero-order valence-corrected chi connectivity index (χ0v) is 50.3. The van der Waals surface area contributed by atoms with Gasteiger partial charge in [0.1, 0.15) is 13.2 Å². The molecule has 0 aliphatic rings. The van der Waals surface area contributed by atoms with Gasteiger partial charge in [0.25, 0.3) is 0 Å². The van der Waals surface area contributed by atoms with Crippen molar-refractivity contribution in [3.63, 3.8) is 0 Å². The fourth-order valence-electron chi connectivity index (χ4n) is 9.27. The summed E-state index contributed by atoms with van der Waals surface area (Å²) in [6.45, 7) is 6.52. The molecule has 0 aliphatic carbocycles. The van der Waals surface area contributed by atoms with Gasteiger partial charge in [0, 0.05) is 19.3 Å². The Labute approximate surface area is 471 Å². The second kappa shape index (κ2) is 64.1. The van der Waals surface area contributed by atoms with Crippen molar-refractivity contribution in [1.29, 1.82) is 0 Å². The zero-order chi connectivity index (χ0) is 55.0. The van der Waals surface area contributed by atoms with Crippen molar-refractivity contribution in [3.8, 4) is 0 Å². The lowest BCUT2D eigenvalue weighted by Gasteiger charge is -2.18.